The minimum absolute atomic E-state index is 0.246. The Morgan fingerprint density at radius 3 is 2.73 bits per heavy atom. The summed E-state index contributed by atoms with van der Waals surface area (Å²) in [4.78, 5) is 28.0. The van der Waals surface area contributed by atoms with Crippen LogP contribution in [-0.4, -0.2) is 50.2 Å². The van der Waals surface area contributed by atoms with E-state index >= 15 is 0 Å². The van der Waals surface area contributed by atoms with Crippen LogP contribution in [0.15, 0.2) is 36.1 Å². The third kappa shape index (κ3) is 3.66. The Balaban J connectivity index is 2.15. The van der Waals surface area contributed by atoms with Crippen molar-refractivity contribution in [1.82, 2.24) is 14.5 Å². The van der Waals surface area contributed by atoms with E-state index in [0.717, 1.165) is 5.57 Å². The number of allylic oxidation sites excluding steroid dienone is 2. The number of imidazole rings is 1. The normalized spacial score (nSPS) is 16.0. The van der Waals surface area contributed by atoms with Crippen molar-refractivity contribution in [3.63, 3.8) is 0 Å². The summed E-state index contributed by atoms with van der Waals surface area (Å²) in [5.74, 6) is -2.19. The van der Waals surface area contributed by atoms with Crippen molar-refractivity contribution in [3.8, 4) is 0 Å². The van der Waals surface area contributed by atoms with Crippen LogP contribution < -0.4 is 5.73 Å². The van der Waals surface area contributed by atoms with Crippen molar-refractivity contribution >= 4 is 11.9 Å². The molecule has 1 atom stereocenters. The molecule has 8 nitrogen and oxygen atoms in total. The van der Waals surface area contributed by atoms with Gasteiger partial charge in [-0.2, -0.15) is 0 Å². The molecule has 1 aromatic heterocycles. The van der Waals surface area contributed by atoms with Gasteiger partial charge in [0.1, 0.15) is 12.5 Å². The number of rotatable bonds is 6. The first kappa shape index (κ1) is 15.6. The Morgan fingerprint density at radius 2 is 2.14 bits per heavy atom. The third-order valence-electron chi connectivity index (χ3n) is 3.46. The molecule has 0 fully saturated rings. The zero-order chi connectivity index (χ0) is 16.3. The van der Waals surface area contributed by atoms with Crippen LogP contribution in [0.25, 0.3) is 0 Å². The fourth-order valence-electron chi connectivity index (χ4n) is 2.29. The van der Waals surface area contributed by atoms with Crippen molar-refractivity contribution in [2.45, 2.75) is 18.9 Å². The van der Waals surface area contributed by atoms with Gasteiger partial charge in [0.25, 0.3) is 0 Å². The van der Waals surface area contributed by atoms with Crippen molar-refractivity contribution in [1.29, 1.82) is 0 Å². The van der Waals surface area contributed by atoms with Gasteiger partial charge in [0, 0.05) is 19.8 Å². The van der Waals surface area contributed by atoms with Crippen LogP contribution in [0, 0.1) is 0 Å². The second-order valence-electron chi connectivity index (χ2n) is 5.23. The maximum Gasteiger partial charge on any atom is 0.323 e. The van der Waals surface area contributed by atoms with Crippen LogP contribution in [-0.2, 0) is 16.1 Å². The number of aromatic nitrogens is 2. The van der Waals surface area contributed by atoms with Crippen molar-refractivity contribution in [2.75, 3.05) is 13.6 Å². The fraction of sp³-hybridized carbons (Fsp3) is 0.357. The van der Waals surface area contributed by atoms with Gasteiger partial charge in [0.2, 0.25) is 0 Å². The van der Waals surface area contributed by atoms with Crippen LogP contribution in [0.3, 0.4) is 0 Å². The Labute approximate surface area is 127 Å². The molecular weight excluding hydrogens is 288 g/mol. The summed E-state index contributed by atoms with van der Waals surface area (Å²) in [6, 6.07) is 0. The molecule has 0 aliphatic carbocycles. The van der Waals surface area contributed by atoms with E-state index in [9.17, 15) is 14.7 Å². The van der Waals surface area contributed by atoms with Crippen molar-refractivity contribution < 1.29 is 19.8 Å². The molecule has 4 N–H and O–H groups in total. The minimum Gasteiger partial charge on any atom is -0.481 e. The first-order chi connectivity index (χ1) is 10.4. The molecule has 0 saturated heterocycles. The molecule has 0 amide bonds. The molecule has 8 heteroatoms. The largest absolute Gasteiger partial charge is 0.481 e. The Bertz CT molecular complexity index is 647. The summed E-state index contributed by atoms with van der Waals surface area (Å²) in [7, 11) is 1.83. The average Bonchev–Trinajstić information content (AvgIpc) is 2.86. The number of aliphatic carboxylic acids is 2. The summed E-state index contributed by atoms with van der Waals surface area (Å²) in [5, 5.41) is 18.2. The van der Waals surface area contributed by atoms with Gasteiger partial charge in [-0.05, 0) is 18.1 Å². The minimum atomic E-state index is -1.01. The van der Waals surface area contributed by atoms with Crippen LogP contribution in [0.2, 0.25) is 0 Å². The molecule has 2 rings (SSSR count). The highest BCUT2D eigenvalue weighted by molar-refractivity contribution is 5.76. The first-order valence-electron chi connectivity index (χ1n) is 6.69. The van der Waals surface area contributed by atoms with E-state index in [1.807, 2.05) is 18.0 Å². The fourth-order valence-corrected chi connectivity index (χ4v) is 2.29. The van der Waals surface area contributed by atoms with Gasteiger partial charge in [0.05, 0.1) is 17.8 Å². The Hall–Kier alpha value is -2.77. The highest BCUT2D eigenvalue weighted by atomic mass is 16.4. The van der Waals surface area contributed by atoms with E-state index < -0.39 is 17.9 Å². The van der Waals surface area contributed by atoms with Gasteiger partial charge in [-0.3, -0.25) is 9.59 Å². The number of hydrogen-bond donors (Lipinski definition) is 3. The van der Waals surface area contributed by atoms with E-state index in [4.69, 9.17) is 10.8 Å². The van der Waals surface area contributed by atoms with Crippen molar-refractivity contribution in [2.24, 2.45) is 5.73 Å². The highest BCUT2D eigenvalue weighted by Crippen LogP contribution is 2.25. The smallest absolute Gasteiger partial charge is 0.323 e. The molecule has 0 saturated carbocycles. The number of likely N-dealkylation sites (N-methyl/N-ethyl adjacent to an activating group) is 1. The van der Waals surface area contributed by atoms with Crippen LogP contribution >= 0.6 is 0 Å². The van der Waals surface area contributed by atoms with Crippen molar-refractivity contribution in [3.05, 3.63) is 41.8 Å². The molecule has 118 valence electrons. The number of nitrogens with two attached hydrogens (primary N) is 1. The highest BCUT2D eigenvalue weighted by Gasteiger charge is 2.25. The monoisotopic (exact) mass is 306 g/mol. The molecule has 2 heterocycles. The average molecular weight is 306 g/mol. The number of nitrogens with zero attached hydrogens (tertiary/aromatic N) is 3. The van der Waals surface area contributed by atoms with E-state index in [0.29, 0.717) is 24.5 Å². The topological polar surface area (TPSA) is 122 Å². The molecule has 1 aliphatic rings. The number of carboxylic acid groups (broad SMARTS) is 2. The number of carboxylic acids is 2. The standard InChI is InChI=1S/C14H18N4O4/c1-17-5-9(2-3-12(17)15)4-10(14(21)22)11-6-18(8-16-11)7-13(19)20/h2-3,6,8,10H,4-5,7,15H2,1H3,(H,19,20)(H,21,22). The van der Waals surface area contributed by atoms with Gasteiger partial charge in [0.15, 0.2) is 0 Å². The molecule has 0 spiro atoms. The molecule has 0 bridgehead atoms. The second-order valence-corrected chi connectivity index (χ2v) is 5.23. The lowest BCUT2D eigenvalue weighted by Gasteiger charge is -2.25. The first-order valence-corrected chi connectivity index (χ1v) is 6.69. The molecule has 0 aromatic carbocycles. The zero-order valence-corrected chi connectivity index (χ0v) is 12.1. The summed E-state index contributed by atoms with van der Waals surface area (Å²) in [5.41, 5.74) is 7.02. The van der Waals surface area contributed by atoms with Gasteiger partial charge >= 0.3 is 11.9 Å². The van der Waals surface area contributed by atoms with E-state index in [1.165, 1.54) is 17.1 Å². The quantitative estimate of drug-likeness (QED) is 0.686. The lowest BCUT2D eigenvalue weighted by molar-refractivity contribution is -0.139. The SMILES string of the molecule is CN1CC(CC(C(=O)O)c2cn(CC(=O)O)cn2)=CC=C1N. The molecule has 0 radical (unpaired) electrons. The molecular formula is C14H18N4O4. The van der Waals surface area contributed by atoms with Gasteiger partial charge in [-0.1, -0.05) is 6.08 Å². The Morgan fingerprint density at radius 1 is 1.41 bits per heavy atom. The van der Waals surface area contributed by atoms with E-state index in [-0.39, 0.29) is 6.54 Å². The maximum atomic E-state index is 11.5. The molecule has 1 aliphatic heterocycles. The lowest BCUT2D eigenvalue weighted by atomic mass is 9.95. The van der Waals surface area contributed by atoms with Gasteiger partial charge in [-0.15, -0.1) is 0 Å². The zero-order valence-electron chi connectivity index (χ0n) is 12.1. The Kier molecular flexibility index (Phi) is 4.50. The van der Waals surface area contributed by atoms with Gasteiger partial charge in [-0.25, -0.2) is 4.98 Å². The molecule has 22 heavy (non-hydrogen) atoms. The van der Waals surface area contributed by atoms with Crippen LogP contribution in [0.1, 0.15) is 18.0 Å². The summed E-state index contributed by atoms with van der Waals surface area (Å²) in [6.07, 6.45) is 6.65. The predicted molar refractivity (Wildman–Crippen MR) is 77.8 cm³/mol. The lowest BCUT2D eigenvalue weighted by Crippen LogP contribution is -2.29. The number of carbonyl (C=O) groups is 2. The molecule has 1 unspecified atom stereocenters. The van der Waals surface area contributed by atoms with E-state index in [1.54, 1.807) is 6.08 Å². The summed E-state index contributed by atoms with van der Waals surface area (Å²) < 4.78 is 1.35. The van der Waals surface area contributed by atoms with Crippen LogP contribution in [0.5, 0.6) is 0 Å². The number of hydrogen-bond acceptors (Lipinski definition) is 5. The van der Waals surface area contributed by atoms with E-state index in [2.05, 4.69) is 4.98 Å². The summed E-state index contributed by atoms with van der Waals surface area (Å²) in [6.45, 7) is 0.312. The third-order valence-corrected chi connectivity index (χ3v) is 3.46. The van der Waals surface area contributed by atoms with Gasteiger partial charge < -0.3 is 25.4 Å². The predicted octanol–water partition coefficient (Wildman–Crippen LogP) is 0.198. The van der Waals surface area contributed by atoms with Crippen LogP contribution in [0.4, 0.5) is 0 Å². The maximum absolute atomic E-state index is 11.5. The second kappa shape index (κ2) is 6.33. The summed E-state index contributed by atoms with van der Waals surface area (Å²) >= 11 is 0. The molecule has 1 aromatic rings.